The van der Waals surface area contributed by atoms with Crippen LogP contribution in [0.5, 0.6) is 0 Å². The van der Waals surface area contributed by atoms with Gasteiger partial charge in [-0.1, -0.05) is 0 Å². The van der Waals surface area contributed by atoms with E-state index in [2.05, 4.69) is 20.7 Å². The van der Waals surface area contributed by atoms with Crippen LogP contribution in [0.2, 0.25) is 0 Å². The van der Waals surface area contributed by atoms with Gasteiger partial charge in [0.25, 0.3) is 0 Å². The fourth-order valence-corrected chi connectivity index (χ4v) is 3.29. The van der Waals surface area contributed by atoms with E-state index in [1.165, 1.54) is 6.92 Å². The Kier molecular flexibility index (Phi) is 4.71. The van der Waals surface area contributed by atoms with Gasteiger partial charge in [0, 0.05) is 6.07 Å². The summed E-state index contributed by atoms with van der Waals surface area (Å²) < 4.78 is 34.7. The third kappa shape index (κ3) is 3.55. The maximum absolute atomic E-state index is 11.9. The highest BCUT2D eigenvalue weighted by molar-refractivity contribution is 9.10. The molecule has 0 aliphatic carbocycles. The van der Waals surface area contributed by atoms with E-state index in [1.54, 1.807) is 0 Å². The zero-order valence-corrected chi connectivity index (χ0v) is 12.2. The quantitative estimate of drug-likeness (QED) is 0.740. The van der Waals surface area contributed by atoms with Gasteiger partial charge in [0.1, 0.15) is 10.9 Å². The molecule has 0 aliphatic heterocycles. The molecule has 0 radical (unpaired) electrons. The first kappa shape index (κ1) is 15.7. The number of hydrogen-bond donors (Lipinski definition) is 2. The number of rotatable bonds is 5. The maximum atomic E-state index is 11.9. The van der Waals surface area contributed by atoms with Crippen molar-refractivity contribution < 1.29 is 32.3 Å². The van der Waals surface area contributed by atoms with Crippen LogP contribution >= 0.6 is 15.9 Å². The first-order chi connectivity index (χ1) is 8.69. The fraction of sp³-hybridized carbons (Fsp3) is 0.333. The third-order valence-corrected chi connectivity index (χ3v) is 4.44. The van der Waals surface area contributed by atoms with E-state index in [0.717, 1.165) is 13.2 Å². The Hall–Kier alpha value is -1.39. The number of nitrogens with one attached hydrogen (secondary N) is 1. The summed E-state index contributed by atoms with van der Waals surface area (Å²) >= 11 is 2.80. The molecule has 0 aromatic carbocycles. The number of carboxylic acid groups (broad SMARTS) is 1. The molecule has 0 fully saturated rings. The lowest BCUT2D eigenvalue weighted by atomic mass is 10.4. The minimum atomic E-state index is -4.11. The van der Waals surface area contributed by atoms with Gasteiger partial charge in [0.15, 0.2) is 4.67 Å². The average Bonchev–Trinajstić information content (AvgIpc) is 2.70. The lowest BCUT2D eigenvalue weighted by Crippen LogP contribution is -2.39. The molecule has 0 bridgehead atoms. The summed E-state index contributed by atoms with van der Waals surface area (Å²) in [7, 11) is -3.00. The highest BCUT2D eigenvalue weighted by Crippen LogP contribution is 2.26. The number of sulfonamides is 1. The fourth-order valence-electron chi connectivity index (χ4n) is 1.16. The van der Waals surface area contributed by atoms with Gasteiger partial charge in [-0.05, 0) is 22.9 Å². The monoisotopic (exact) mass is 355 g/mol. The number of carboxylic acids is 1. The lowest BCUT2D eigenvalue weighted by Gasteiger charge is -2.10. The van der Waals surface area contributed by atoms with Crippen LogP contribution in [-0.2, 0) is 19.6 Å². The van der Waals surface area contributed by atoms with E-state index in [0.29, 0.717) is 0 Å². The molecule has 0 spiro atoms. The van der Waals surface area contributed by atoms with E-state index in [4.69, 9.17) is 9.52 Å². The predicted molar refractivity (Wildman–Crippen MR) is 65.2 cm³/mol. The maximum Gasteiger partial charge on any atom is 0.371 e. The minimum absolute atomic E-state index is 0.269. The van der Waals surface area contributed by atoms with Gasteiger partial charge >= 0.3 is 11.9 Å². The largest absolute Gasteiger partial charge is 0.475 e. The van der Waals surface area contributed by atoms with Crippen molar-refractivity contribution in [2.24, 2.45) is 0 Å². The van der Waals surface area contributed by atoms with Crippen molar-refractivity contribution in [3.8, 4) is 0 Å². The molecular weight excluding hydrogens is 346 g/mol. The lowest BCUT2D eigenvalue weighted by molar-refractivity contribution is -0.142. The zero-order chi connectivity index (χ0) is 14.8. The van der Waals surface area contributed by atoms with Gasteiger partial charge in [-0.15, -0.1) is 0 Å². The van der Waals surface area contributed by atoms with Crippen LogP contribution in [0.4, 0.5) is 0 Å². The second kappa shape index (κ2) is 5.72. The molecule has 0 saturated carbocycles. The molecule has 0 amide bonds. The molecule has 19 heavy (non-hydrogen) atoms. The number of ether oxygens (including phenoxy) is 1. The number of carbonyl (C=O) groups is 2. The van der Waals surface area contributed by atoms with Crippen molar-refractivity contribution in [3.05, 3.63) is 16.5 Å². The molecule has 0 saturated heterocycles. The Morgan fingerprint density at radius 1 is 1.53 bits per heavy atom. The van der Waals surface area contributed by atoms with Crippen LogP contribution in [0, 0.1) is 0 Å². The molecule has 106 valence electrons. The standard InChI is InChI=1S/C9H10BrNO7S/c1-4(9(14)17-2)11-19(15,16)6-3-5(8(12)13)18-7(6)10/h3-4,11H,1-2H3,(H,12,13)/t4-/m0/s1. The van der Waals surface area contributed by atoms with E-state index < -0.39 is 38.7 Å². The summed E-state index contributed by atoms with van der Waals surface area (Å²) in [5.74, 6) is -2.73. The van der Waals surface area contributed by atoms with E-state index in [1.807, 2.05) is 4.72 Å². The molecule has 8 nitrogen and oxygen atoms in total. The second-order valence-electron chi connectivity index (χ2n) is 3.42. The summed E-state index contributed by atoms with van der Waals surface area (Å²) in [4.78, 5) is 21.4. The summed E-state index contributed by atoms with van der Waals surface area (Å²) in [5.41, 5.74) is 0. The number of carbonyl (C=O) groups excluding carboxylic acids is 1. The number of furan rings is 1. The number of hydrogen-bond acceptors (Lipinski definition) is 6. The number of methoxy groups -OCH3 is 1. The van der Waals surface area contributed by atoms with Gasteiger partial charge in [-0.3, -0.25) is 4.79 Å². The first-order valence-corrected chi connectivity index (χ1v) is 7.09. The third-order valence-electron chi connectivity index (χ3n) is 2.04. The molecule has 10 heteroatoms. The zero-order valence-electron chi connectivity index (χ0n) is 9.84. The van der Waals surface area contributed by atoms with Crippen LogP contribution in [0.1, 0.15) is 17.5 Å². The molecule has 1 rings (SSSR count). The second-order valence-corrected chi connectivity index (χ2v) is 5.82. The van der Waals surface area contributed by atoms with Crippen LogP contribution in [0.3, 0.4) is 0 Å². The Morgan fingerprint density at radius 2 is 2.11 bits per heavy atom. The Labute approximate surface area is 116 Å². The van der Waals surface area contributed by atoms with E-state index in [-0.39, 0.29) is 4.67 Å². The van der Waals surface area contributed by atoms with E-state index in [9.17, 15) is 18.0 Å². The number of esters is 1. The Bertz CT molecular complexity index is 606. The van der Waals surface area contributed by atoms with Gasteiger partial charge in [0.05, 0.1) is 7.11 Å². The Balaban J connectivity index is 3.07. The topological polar surface area (TPSA) is 123 Å². The van der Waals surface area contributed by atoms with Gasteiger partial charge in [-0.2, -0.15) is 4.72 Å². The van der Waals surface area contributed by atoms with Crippen molar-refractivity contribution in [1.29, 1.82) is 0 Å². The average molecular weight is 356 g/mol. The van der Waals surface area contributed by atoms with Crippen molar-refractivity contribution in [3.63, 3.8) is 0 Å². The van der Waals surface area contributed by atoms with E-state index >= 15 is 0 Å². The molecule has 1 aromatic heterocycles. The smallest absolute Gasteiger partial charge is 0.371 e. The molecule has 1 heterocycles. The van der Waals surface area contributed by atoms with Crippen LogP contribution in [0.15, 0.2) is 20.0 Å². The molecule has 1 aromatic rings. The first-order valence-electron chi connectivity index (χ1n) is 4.82. The van der Waals surface area contributed by atoms with Gasteiger partial charge in [-0.25, -0.2) is 13.2 Å². The van der Waals surface area contributed by atoms with Crippen LogP contribution in [-0.4, -0.2) is 38.6 Å². The highest BCUT2D eigenvalue weighted by atomic mass is 79.9. The molecule has 0 unspecified atom stereocenters. The summed E-state index contributed by atoms with van der Waals surface area (Å²) in [6.07, 6.45) is 0. The van der Waals surface area contributed by atoms with Crippen molar-refractivity contribution >= 4 is 37.9 Å². The molecular formula is C9H10BrNO7S. The summed E-state index contributed by atoms with van der Waals surface area (Å²) in [5, 5.41) is 8.69. The van der Waals surface area contributed by atoms with Crippen molar-refractivity contribution in [1.82, 2.24) is 4.72 Å². The predicted octanol–water partition coefficient (Wildman–Crippen LogP) is 0.580. The SMILES string of the molecule is COC(=O)[C@H](C)NS(=O)(=O)c1cc(C(=O)O)oc1Br. The molecule has 1 atom stereocenters. The van der Waals surface area contributed by atoms with Crippen molar-refractivity contribution in [2.75, 3.05) is 7.11 Å². The van der Waals surface area contributed by atoms with Crippen LogP contribution in [0.25, 0.3) is 0 Å². The van der Waals surface area contributed by atoms with Crippen molar-refractivity contribution in [2.45, 2.75) is 17.9 Å². The highest BCUT2D eigenvalue weighted by Gasteiger charge is 2.28. The summed E-state index contributed by atoms with van der Waals surface area (Å²) in [6.45, 7) is 1.29. The van der Waals surface area contributed by atoms with Crippen LogP contribution < -0.4 is 4.72 Å². The number of aromatic carboxylic acids is 1. The normalized spacial score (nSPS) is 13.0. The summed E-state index contributed by atoms with van der Waals surface area (Å²) in [6, 6.07) is -0.288. The number of halogens is 1. The Morgan fingerprint density at radius 3 is 2.53 bits per heavy atom. The van der Waals surface area contributed by atoms with Gasteiger partial charge < -0.3 is 14.3 Å². The van der Waals surface area contributed by atoms with Gasteiger partial charge in [0.2, 0.25) is 15.8 Å². The molecule has 2 N–H and O–H groups in total. The minimum Gasteiger partial charge on any atom is -0.475 e. The molecule has 0 aliphatic rings.